The van der Waals surface area contributed by atoms with E-state index < -0.39 is 0 Å². The summed E-state index contributed by atoms with van der Waals surface area (Å²) in [5.41, 5.74) is 3.89. The molecule has 1 aromatic carbocycles. The van der Waals surface area contributed by atoms with E-state index in [9.17, 15) is 15.0 Å². The summed E-state index contributed by atoms with van der Waals surface area (Å²) in [6, 6.07) is 1.64. The number of phenols is 2. The lowest BCUT2D eigenvalue weighted by atomic mass is 9.94. The van der Waals surface area contributed by atoms with Crippen molar-refractivity contribution >= 4 is 5.91 Å². The van der Waals surface area contributed by atoms with Crippen molar-refractivity contribution in [3.8, 4) is 11.5 Å². The Morgan fingerprint density at radius 3 is 2.44 bits per heavy atom. The Hall–Kier alpha value is -2.23. The topological polar surface area (TPSA) is 69.6 Å². The first-order chi connectivity index (χ1) is 12.8. The maximum absolute atomic E-state index is 12.3. The zero-order valence-electron chi connectivity index (χ0n) is 17.5. The fraction of sp³-hybridized carbons (Fsp3) is 0.522. The zero-order chi connectivity index (χ0) is 20.4. The largest absolute Gasteiger partial charge is 0.508 e. The average molecular weight is 374 g/mol. The van der Waals surface area contributed by atoms with Crippen LogP contribution >= 0.6 is 0 Å². The summed E-state index contributed by atoms with van der Waals surface area (Å²) in [4.78, 5) is 12.3. The summed E-state index contributed by atoms with van der Waals surface area (Å²) in [5, 5.41) is 23.8. The molecule has 1 amide bonds. The van der Waals surface area contributed by atoms with Gasteiger partial charge in [0.05, 0.1) is 5.56 Å². The molecular weight excluding hydrogens is 338 g/mol. The number of nitrogens with one attached hydrogen (secondary N) is 1. The van der Waals surface area contributed by atoms with Crippen molar-refractivity contribution in [1.29, 1.82) is 0 Å². The van der Waals surface area contributed by atoms with E-state index in [1.807, 2.05) is 13.0 Å². The van der Waals surface area contributed by atoms with Crippen LogP contribution in [0.3, 0.4) is 0 Å². The van der Waals surface area contributed by atoms with Crippen molar-refractivity contribution in [2.45, 2.75) is 72.6 Å². The van der Waals surface area contributed by atoms with Crippen molar-refractivity contribution in [2.75, 3.05) is 7.05 Å². The molecular formula is C23H35NO3. The van der Waals surface area contributed by atoms with Crippen molar-refractivity contribution in [3.63, 3.8) is 0 Å². The van der Waals surface area contributed by atoms with Crippen molar-refractivity contribution in [3.05, 3.63) is 46.1 Å². The second-order valence-electron chi connectivity index (χ2n) is 7.37. The molecule has 0 aliphatic rings. The predicted molar refractivity (Wildman–Crippen MR) is 113 cm³/mol. The van der Waals surface area contributed by atoms with Crippen LogP contribution in [0.15, 0.2) is 29.4 Å². The monoisotopic (exact) mass is 373 g/mol. The molecule has 4 heteroatoms. The predicted octanol–water partition coefficient (Wildman–Crippen LogP) is 5.43. The molecule has 150 valence electrons. The number of hydrogen-bond donors (Lipinski definition) is 3. The van der Waals surface area contributed by atoms with E-state index in [0.29, 0.717) is 24.0 Å². The highest BCUT2D eigenvalue weighted by Crippen LogP contribution is 2.35. The van der Waals surface area contributed by atoms with Gasteiger partial charge in [-0.2, -0.15) is 0 Å². The van der Waals surface area contributed by atoms with Gasteiger partial charge in [-0.25, -0.2) is 0 Å². The second-order valence-corrected chi connectivity index (χ2v) is 7.37. The van der Waals surface area contributed by atoms with E-state index in [0.717, 1.165) is 32.1 Å². The Morgan fingerprint density at radius 1 is 1.15 bits per heavy atom. The lowest BCUT2D eigenvalue weighted by Crippen LogP contribution is -2.20. The van der Waals surface area contributed by atoms with Gasteiger partial charge < -0.3 is 15.5 Å². The second kappa shape index (κ2) is 11.5. The Kier molecular flexibility index (Phi) is 9.70. The van der Waals surface area contributed by atoms with E-state index in [1.54, 1.807) is 13.1 Å². The molecule has 3 N–H and O–H groups in total. The molecule has 0 radical (unpaired) electrons. The molecule has 0 unspecified atom stereocenters. The molecule has 0 saturated carbocycles. The minimum absolute atomic E-state index is 0.0556. The molecule has 0 saturated heterocycles. The maximum Gasteiger partial charge on any atom is 0.255 e. The van der Waals surface area contributed by atoms with Crippen LogP contribution in [0.1, 0.15) is 81.3 Å². The van der Waals surface area contributed by atoms with E-state index in [1.165, 1.54) is 11.1 Å². The van der Waals surface area contributed by atoms with Crippen LogP contribution in [0, 0.1) is 0 Å². The third-order valence-electron chi connectivity index (χ3n) is 4.71. The fourth-order valence-electron chi connectivity index (χ4n) is 3.06. The quantitative estimate of drug-likeness (QED) is 0.378. The fourth-order valence-corrected chi connectivity index (χ4v) is 3.06. The van der Waals surface area contributed by atoms with Crippen LogP contribution in [0.25, 0.3) is 0 Å². The van der Waals surface area contributed by atoms with Gasteiger partial charge in [0.1, 0.15) is 11.5 Å². The number of benzene rings is 1. The van der Waals surface area contributed by atoms with Crippen LogP contribution in [0.5, 0.6) is 11.5 Å². The van der Waals surface area contributed by atoms with Gasteiger partial charge in [0.25, 0.3) is 5.91 Å². The molecule has 0 aliphatic heterocycles. The highest BCUT2D eigenvalue weighted by atomic mass is 16.3. The van der Waals surface area contributed by atoms with Crippen LogP contribution in [-0.2, 0) is 12.8 Å². The number of phenolic OH excluding ortho intramolecular Hbond substituents is 2. The molecule has 1 rings (SSSR count). The molecule has 4 nitrogen and oxygen atoms in total. The van der Waals surface area contributed by atoms with Gasteiger partial charge in [-0.3, -0.25) is 4.79 Å². The Labute approximate surface area is 164 Å². The van der Waals surface area contributed by atoms with Gasteiger partial charge in [-0.05, 0) is 64.5 Å². The maximum atomic E-state index is 12.3. The summed E-state index contributed by atoms with van der Waals surface area (Å²) in [5.74, 6) is -0.362. The average Bonchev–Trinajstić information content (AvgIpc) is 2.60. The number of rotatable bonds is 10. The summed E-state index contributed by atoms with van der Waals surface area (Å²) >= 11 is 0. The van der Waals surface area contributed by atoms with Crippen LogP contribution in [0.4, 0.5) is 0 Å². The van der Waals surface area contributed by atoms with Gasteiger partial charge in [0, 0.05) is 12.6 Å². The highest BCUT2D eigenvalue weighted by Gasteiger charge is 2.21. The minimum Gasteiger partial charge on any atom is -0.508 e. The third-order valence-corrected chi connectivity index (χ3v) is 4.71. The first-order valence-electron chi connectivity index (χ1n) is 9.89. The first kappa shape index (κ1) is 22.8. The summed E-state index contributed by atoms with van der Waals surface area (Å²) < 4.78 is 0. The third kappa shape index (κ3) is 7.12. The van der Waals surface area contributed by atoms with Gasteiger partial charge >= 0.3 is 0 Å². The number of carbonyl (C=O) groups is 1. The zero-order valence-corrected chi connectivity index (χ0v) is 17.5. The molecule has 0 fully saturated rings. The lowest BCUT2D eigenvalue weighted by molar-refractivity contribution is 0.0959. The normalized spacial score (nSPS) is 11.4. The number of aryl methyl sites for hydroxylation is 1. The number of amides is 1. The SMILES string of the molecule is CCCCCc1cc(O)c(CC=C(C)CCC=C(C)C)c(O)c1C(=O)NC. The van der Waals surface area contributed by atoms with E-state index >= 15 is 0 Å². The molecule has 0 bridgehead atoms. The highest BCUT2D eigenvalue weighted by molar-refractivity contribution is 5.99. The number of hydrogen-bond acceptors (Lipinski definition) is 3. The molecule has 1 aromatic rings. The van der Waals surface area contributed by atoms with E-state index in [-0.39, 0.29) is 23.0 Å². The van der Waals surface area contributed by atoms with E-state index in [2.05, 4.69) is 32.2 Å². The van der Waals surface area contributed by atoms with Gasteiger partial charge in [-0.1, -0.05) is 43.1 Å². The number of unbranched alkanes of at least 4 members (excludes halogenated alkanes) is 2. The van der Waals surface area contributed by atoms with Gasteiger partial charge in [-0.15, -0.1) is 0 Å². The van der Waals surface area contributed by atoms with Crippen LogP contribution < -0.4 is 5.32 Å². The Morgan fingerprint density at radius 2 is 1.85 bits per heavy atom. The number of aromatic hydroxyl groups is 2. The Balaban J connectivity index is 3.09. The molecule has 0 aliphatic carbocycles. The summed E-state index contributed by atoms with van der Waals surface area (Å²) in [7, 11) is 1.55. The Bertz CT molecular complexity index is 698. The first-order valence-corrected chi connectivity index (χ1v) is 9.89. The minimum atomic E-state index is -0.315. The summed E-state index contributed by atoms with van der Waals surface area (Å²) in [6.45, 7) is 8.32. The molecule has 0 heterocycles. The number of allylic oxidation sites excluding steroid dienone is 4. The smallest absolute Gasteiger partial charge is 0.255 e. The van der Waals surface area contributed by atoms with E-state index in [4.69, 9.17) is 0 Å². The van der Waals surface area contributed by atoms with Crippen molar-refractivity contribution < 1.29 is 15.0 Å². The molecule has 27 heavy (non-hydrogen) atoms. The summed E-state index contributed by atoms with van der Waals surface area (Å²) in [6.07, 6.45) is 10.2. The van der Waals surface area contributed by atoms with Gasteiger partial charge in [0.2, 0.25) is 0 Å². The molecule has 0 aromatic heterocycles. The van der Waals surface area contributed by atoms with Gasteiger partial charge in [0.15, 0.2) is 0 Å². The lowest BCUT2D eigenvalue weighted by Gasteiger charge is -2.15. The standard InChI is InChI=1S/C23H35NO3/c1-6-7-8-12-18-15-20(25)19(22(26)21(18)23(27)24-5)14-13-17(4)11-9-10-16(2)3/h10,13,15,25-26H,6-9,11-12,14H2,1-5H3,(H,24,27). The molecule has 0 spiro atoms. The van der Waals surface area contributed by atoms with Crippen molar-refractivity contribution in [1.82, 2.24) is 5.32 Å². The number of carbonyl (C=O) groups excluding carboxylic acids is 1. The van der Waals surface area contributed by atoms with Crippen LogP contribution in [-0.4, -0.2) is 23.2 Å². The molecule has 0 atom stereocenters. The van der Waals surface area contributed by atoms with Crippen LogP contribution in [0.2, 0.25) is 0 Å². The van der Waals surface area contributed by atoms with Crippen molar-refractivity contribution in [2.24, 2.45) is 0 Å².